The lowest BCUT2D eigenvalue weighted by Crippen LogP contribution is -2.38. The van der Waals surface area contributed by atoms with Gasteiger partial charge >= 0.3 is 6.18 Å². The molecular weight excluding hydrogens is 485 g/mol. The summed E-state index contributed by atoms with van der Waals surface area (Å²) in [5.74, 6) is -0.436. The van der Waals surface area contributed by atoms with E-state index in [1.807, 2.05) is 18.2 Å². The Labute approximate surface area is 210 Å². The Morgan fingerprint density at radius 3 is 2.41 bits per heavy atom. The summed E-state index contributed by atoms with van der Waals surface area (Å²) in [4.78, 5) is 22.8. The molecule has 0 aliphatic carbocycles. The molecule has 188 valence electrons. The second-order valence-corrected chi connectivity index (χ2v) is 8.47. The highest BCUT2D eigenvalue weighted by molar-refractivity contribution is 5.94. The Morgan fingerprint density at radius 2 is 1.81 bits per heavy atom. The molecule has 0 saturated carbocycles. The third kappa shape index (κ3) is 6.60. The molecule has 3 aromatic rings. The lowest BCUT2D eigenvalue weighted by atomic mass is 9.97. The van der Waals surface area contributed by atoms with Crippen LogP contribution in [0.15, 0.2) is 60.9 Å². The molecule has 0 spiro atoms. The zero-order chi connectivity index (χ0) is 26.4. The van der Waals surface area contributed by atoms with E-state index in [4.69, 9.17) is 15.3 Å². The number of hydrogen-bond donors (Lipinski definition) is 1. The average Bonchev–Trinajstić information content (AvgIpc) is 3.36. The van der Waals surface area contributed by atoms with Gasteiger partial charge in [-0.1, -0.05) is 18.2 Å². The number of ether oxygens (including phenoxy) is 1. The Kier molecular flexibility index (Phi) is 7.66. The maximum Gasteiger partial charge on any atom is 0.422 e. The van der Waals surface area contributed by atoms with Crippen molar-refractivity contribution in [3.8, 4) is 18.0 Å². The van der Waals surface area contributed by atoms with Gasteiger partial charge in [0.25, 0.3) is 5.91 Å². The molecule has 1 aliphatic rings. The Bertz CT molecular complexity index is 1310. The van der Waals surface area contributed by atoms with Gasteiger partial charge in [0.2, 0.25) is 5.88 Å². The van der Waals surface area contributed by atoms with Crippen molar-refractivity contribution < 1.29 is 22.7 Å². The monoisotopic (exact) mass is 506 g/mol. The number of amides is 1. The van der Waals surface area contributed by atoms with Crippen LogP contribution in [0.4, 0.5) is 13.2 Å². The fourth-order valence-electron chi connectivity index (χ4n) is 4.15. The van der Waals surface area contributed by atoms with Crippen molar-refractivity contribution in [1.82, 2.24) is 20.2 Å². The second kappa shape index (κ2) is 11.1. The van der Waals surface area contributed by atoms with E-state index in [0.29, 0.717) is 30.6 Å². The molecule has 1 saturated heterocycles. The normalized spacial score (nSPS) is 16.4. The minimum Gasteiger partial charge on any atom is -0.468 e. The van der Waals surface area contributed by atoms with Crippen molar-refractivity contribution in [2.24, 2.45) is 0 Å². The van der Waals surface area contributed by atoms with Gasteiger partial charge in [-0.05, 0) is 41.8 Å². The lowest BCUT2D eigenvalue weighted by Gasteiger charge is -2.29. The topological polar surface area (TPSA) is 115 Å². The number of carbonyl (C=O) groups is 1. The number of nitrogens with one attached hydrogen (secondary N) is 1. The predicted octanol–water partition coefficient (Wildman–Crippen LogP) is 3.75. The third-order valence-electron chi connectivity index (χ3n) is 5.87. The minimum absolute atomic E-state index is 0.137. The van der Waals surface area contributed by atoms with Gasteiger partial charge < -0.3 is 10.1 Å². The Morgan fingerprint density at radius 1 is 1.05 bits per heavy atom. The van der Waals surface area contributed by atoms with E-state index in [0.717, 1.165) is 11.1 Å². The standard InChI is InChI=1S/C26H21F3N6O2/c27-26(28,29)16-37-23-8-6-19(13-33-23)24(18-3-1-17(11-30)2-4-18)35-10-9-22(15-35)34-25(36)20-5-7-21(12-31)32-14-20/h1-8,13-14,22,24H,9-10,15-16H2,(H,34,36). The van der Waals surface area contributed by atoms with Crippen LogP contribution >= 0.6 is 0 Å². The van der Waals surface area contributed by atoms with Crippen LogP contribution < -0.4 is 10.1 Å². The first-order valence-electron chi connectivity index (χ1n) is 11.3. The zero-order valence-electron chi connectivity index (χ0n) is 19.4. The molecule has 2 aromatic heterocycles. The first kappa shape index (κ1) is 25.6. The van der Waals surface area contributed by atoms with E-state index in [1.165, 1.54) is 24.5 Å². The van der Waals surface area contributed by atoms with Crippen LogP contribution in [-0.4, -0.2) is 52.7 Å². The maximum atomic E-state index is 12.7. The van der Waals surface area contributed by atoms with Crippen molar-refractivity contribution in [3.05, 3.63) is 88.9 Å². The van der Waals surface area contributed by atoms with Crippen LogP contribution in [0.3, 0.4) is 0 Å². The van der Waals surface area contributed by atoms with Crippen molar-refractivity contribution >= 4 is 5.91 Å². The average molecular weight is 506 g/mol. The van der Waals surface area contributed by atoms with E-state index in [9.17, 15) is 18.0 Å². The zero-order valence-corrected chi connectivity index (χ0v) is 19.4. The number of halogens is 3. The summed E-state index contributed by atoms with van der Waals surface area (Å²) in [5, 5.41) is 21.0. The second-order valence-electron chi connectivity index (χ2n) is 8.47. The van der Waals surface area contributed by atoms with E-state index in [-0.39, 0.29) is 29.6 Å². The molecule has 1 amide bonds. The van der Waals surface area contributed by atoms with Crippen LogP contribution in [0, 0.1) is 22.7 Å². The molecule has 0 radical (unpaired) electrons. The molecule has 1 aromatic carbocycles. The largest absolute Gasteiger partial charge is 0.468 e. The quantitative estimate of drug-likeness (QED) is 0.519. The van der Waals surface area contributed by atoms with Gasteiger partial charge in [0.15, 0.2) is 6.61 Å². The van der Waals surface area contributed by atoms with E-state index in [2.05, 4.69) is 26.3 Å². The fourth-order valence-corrected chi connectivity index (χ4v) is 4.15. The van der Waals surface area contributed by atoms with E-state index < -0.39 is 12.8 Å². The number of likely N-dealkylation sites (tertiary alicyclic amines) is 1. The van der Waals surface area contributed by atoms with Gasteiger partial charge in [0.05, 0.1) is 23.2 Å². The highest BCUT2D eigenvalue weighted by Crippen LogP contribution is 2.32. The van der Waals surface area contributed by atoms with Gasteiger partial charge in [-0.3, -0.25) is 9.69 Å². The molecule has 37 heavy (non-hydrogen) atoms. The lowest BCUT2D eigenvalue weighted by molar-refractivity contribution is -0.154. The van der Waals surface area contributed by atoms with Crippen molar-refractivity contribution in [2.45, 2.75) is 24.7 Å². The van der Waals surface area contributed by atoms with Crippen LogP contribution in [0.1, 0.15) is 45.2 Å². The number of nitriles is 2. The first-order valence-corrected chi connectivity index (χ1v) is 11.3. The van der Waals surface area contributed by atoms with Gasteiger partial charge in [-0.15, -0.1) is 0 Å². The summed E-state index contributed by atoms with van der Waals surface area (Å²) in [6, 6.07) is 16.6. The molecule has 11 heteroatoms. The predicted molar refractivity (Wildman–Crippen MR) is 125 cm³/mol. The maximum absolute atomic E-state index is 12.7. The molecule has 1 aliphatic heterocycles. The van der Waals surface area contributed by atoms with Crippen LogP contribution in [0.2, 0.25) is 0 Å². The molecule has 4 rings (SSSR count). The van der Waals surface area contributed by atoms with Gasteiger partial charge in [-0.2, -0.15) is 23.7 Å². The molecule has 3 heterocycles. The molecule has 2 atom stereocenters. The van der Waals surface area contributed by atoms with Gasteiger partial charge in [-0.25, -0.2) is 9.97 Å². The van der Waals surface area contributed by atoms with Gasteiger partial charge in [0, 0.05) is 37.6 Å². The SMILES string of the molecule is N#Cc1ccc(C(c2ccc(OCC(F)(F)F)nc2)N2CCC(NC(=O)c3ccc(C#N)nc3)C2)cc1. The number of carbonyl (C=O) groups excluding carboxylic acids is 1. The van der Waals surface area contributed by atoms with Gasteiger partial charge in [0.1, 0.15) is 11.8 Å². The summed E-state index contributed by atoms with van der Waals surface area (Å²) in [7, 11) is 0. The molecule has 0 bridgehead atoms. The van der Waals surface area contributed by atoms with Crippen molar-refractivity contribution in [2.75, 3.05) is 19.7 Å². The highest BCUT2D eigenvalue weighted by Gasteiger charge is 2.32. The molecule has 2 unspecified atom stereocenters. The summed E-state index contributed by atoms with van der Waals surface area (Å²) in [6.07, 6.45) is -0.965. The molecule has 8 nitrogen and oxygen atoms in total. The minimum atomic E-state index is -4.46. The number of benzene rings is 1. The number of nitrogens with zero attached hydrogens (tertiary/aromatic N) is 5. The van der Waals surface area contributed by atoms with Crippen molar-refractivity contribution in [1.29, 1.82) is 10.5 Å². The molecule has 1 fully saturated rings. The number of pyridine rings is 2. The number of hydrogen-bond acceptors (Lipinski definition) is 7. The number of rotatable bonds is 7. The van der Waals surface area contributed by atoms with Crippen LogP contribution in [0.5, 0.6) is 5.88 Å². The summed E-state index contributed by atoms with van der Waals surface area (Å²) < 4.78 is 42.2. The first-order chi connectivity index (χ1) is 17.8. The van der Waals surface area contributed by atoms with Crippen LogP contribution in [0.25, 0.3) is 0 Å². The number of aromatic nitrogens is 2. The van der Waals surface area contributed by atoms with E-state index in [1.54, 1.807) is 24.3 Å². The smallest absolute Gasteiger partial charge is 0.422 e. The Balaban J connectivity index is 1.51. The highest BCUT2D eigenvalue weighted by atomic mass is 19.4. The third-order valence-corrected chi connectivity index (χ3v) is 5.87. The molecule has 1 N–H and O–H groups in total. The summed E-state index contributed by atoms with van der Waals surface area (Å²) in [5.41, 5.74) is 2.66. The Hall–Kier alpha value is -4.48. The molecular formula is C26H21F3N6O2. The fraction of sp³-hybridized carbons (Fsp3) is 0.269. The van der Waals surface area contributed by atoms with E-state index >= 15 is 0 Å². The summed E-state index contributed by atoms with van der Waals surface area (Å²) in [6.45, 7) is -0.291. The van der Waals surface area contributed by atoms with Crippen LogP contribution in [-0.2, 0) is 0 Å². The number of alkyl halides is 3. The van der Waals surface area contributed by atoms with Crippen molar-refractivity contribution in [3.63, 3.8) is 0 Å². The summed E-state index contributed by atoms with van der Waals surface area (Å²) >= 11 is 0.